The van der Waals surface area contributed by atoms with Crippen LogP contribution in [0.5, 0.6) is 0 Å². The van der Waals surface area contributed by atoms with Gasteiger partial charge in [0.2, 0.25) is 5.91 Å². The van der Waals surface area contributed by atoms with Crippen molar-refractivity contribution >= 4 is 22.8 Å². The minimum atomic E-state index is 0.226. The second-order valence-electron chi connectivity index (χ2n) is 9.90. The fraction of sp³-hybridized carbons (Fsp3) is 0.379. The van der Waals surface area contributed by atoms with Crippen LogP contribution in [0.3, 0.4) is 0 Å². The Morgan fingerprint density at radius 3 is 2.36 bits per heavy atom. The third-order valence-corrected chi connectivity index (χ3v) is 7.47. The van der Waals surface area contributed by atoms with Gasteiger partial charge in [-0.2, -0.15) is 5.10 Å². The molecular weight excluding hydrogens is 448 g/mol. The molecule has 184 valence electrons. The fourth-order valence-electron chi connectivity index (χ4n) is 5.57. The van der Waals surface area contributed by atoms with Crippen LogP contribution in [0.15, 0.2) is 66.9 Å². The van der Waals surface area contributed by atoms with Gasteiger partial charge in [-0.25, -0.2) is 14.6 Å². The van der Waals surface area contributed by atoms with Crippen molar-refractivity contribution in [2.75, 3.05) is 31.1 Å². The maximum atomic E-state index is 13.1. The second kappa shape index (κ2) is 10.1. The predicted molar refractivity (Wildman–Crippen MR) is 141 cm³/mol. The monoisotopic (exact) mass is 480 g/mol. The molecule has 1 saturated heterocycles. The van der Waals surface area contributed by atoms with Crippen molar-refractivity contribution in [3.8, 4) is 5.69 Å². The van der Waals surface area contributed by atoms with Gasteiger partial charge in [-0.3, -0.25) is 4.79 Å². The molecular formula is C29H32N6O. The zero-order valence-corrected chi connectivity index (χ0v) is 20.6. The molecule has 2 aromatic carbocycles. The van der Waals surface area contributed by atoms with Crippen molar-refractivity contribution in [1.82, 2.24) is 24.6 Å². The molecule has 3 heterocycles. The molecule has 0 atom stereocenters. The summed E-state index contributed by atoms with van der Waals surface area (Å²) in [5.74, 6) is 2.28. The van der Waals surface area contributed by atoms with Gasteiger partial charge in [0.1, 0.15) is 11.6 Å². The number of hydrogen-bond donors (Lipinski definition) is 0. The van der Waals surface area contributed by atoms with Crippen molar-refractivity contribution in [3.05, 3.63) is 78.2 Å². The van der Waals surface area contributed by atoms with E-state index < -0.39 is 0 Å². The molecule has 6 rings (SSSR count). The van der Waals surface area contributed by atoms with Gasteiger partial charge in [-0.1, -0.05) is 61.4 Å². The third kappa shape index (κ3) is 4.57. The highest BCUT2D eigenvalue weighted by molar-refractivity contribution is 5.88. The quantitative estimate of drug-likeness (QED) is 0.417. The molecule has 0 N–H and O–H groups in total. The standard InChI is InChI=1S/C29H32N6O/c36-29(23-12-7-8-13-23)34-17-9-16-33(18-19-34)27-25-21-30-35(24-14-5-2-6-15-24)28(25)32-26(31-27)20-22-10-3-1-4-11-22/h1-6,10-11,14-15,21,23H,7-9,12-13,16-20H2. The maximum Gasteiger partial charge on any atom is 0.225 e. The van der Waals surface area contributed by atoms with Gasteiger partial charge < -0.3 is 9.80 Å². The van der Waals surface area contributed by atoms with Gasteiger partial charge in [-0.05, 0) is 37.0 Å². The lowest BCUT2D eigenvalue weighted by atomic mass is 10.1. The number of rotatable bonds is 5. The van der Waals surface area contributed by atoms with E-state index in [2.05, 4.69) is 21.9 Å². The average molecular weight is 481 g/mol. The maximum absolute atomic E-state index is 13.1. The van der Waals surface area contributed by atoms with Gasteiger partial charge in [0.25, 0.3) is 0 Å². The molecule has 1 aliphatic carbocycles. The largest absolute Gasteiger partial charge is 0.354 e. The number of carbonyl (C=O) groups excluding carboxylic acids is 1. The van der Waals surface area contributed by atoms with E-state index in [1.165, 1.54) is 18.4 Å². The van der Waals surface area contributed by atoms with E-state index in [-0.39, 0.29) is 5.92 Å². The number of fused-ring (bicyclic) bond motifs is 1. The van der Waals surface area contributed by atoms with Crippen LogP contribution >= 0.6 is 0 Å². The molecule has 0 spiro atoms. The Morgan fingerprint density at radius 1 is 0.833 bits per heavy atom. The Balaban J connectivity index is 1.34. The van der Waals surface area contributed by atoms with E-state index in [0.717, 1.165) is 73.8 Å². The zero-order chi connectivity index (χ0) is 24.3. The van der Waals surface area contributed by atoms with Crippen LogP contribution < -0.4 is 4.90 Å². The number of carbonyl (C=O) groups is 1. The Bertz CT molecular complexity index is 1330. The third-order valence-electron chi connectivity index (χ3n) is 7.47. The smallest absolute Gasteiger partial charge is 0.225 e. The summed E-state index contributed by atoms with van der Waals surface area (Å²) in [6, 6.07) is 20.5. The molecule has 2 fully saturated rings. The van der Waals surface area contributed by atoms with Gasteiger partial charge in [0.15, 0.2) is 5.65 Å². The summed E-state index contributed by atoms with van der Waals surface area (Å²) in [6.07, 6.45) is 7.95. The minimum absolute atomic E-state index is 0.226. The van der Waals surface area contributed by atoms with E-state index in [1.54, 1.807) is 0 Å². The van der Waals surface area contributed by atoms with Crippen LogP contribution in [-0.4, -0.2) is 56.7 Å². The molecule has 1 aliphatic heterocycles. The summed E-state index contributed by atoms with van der Waals surface area (Å²) in [7, 11) is 0. The molecule has 0 unspecified atom stereocenters. The Kier molecular flexibility index (Phi) is 6.36. The predicted octanol–water partition coefficient (Wildman–Crippen LogP) is 4.64. The topological polar surface area (TPSA) is 67.2 Å². The van der Waals surface area contributed by atoms with Crippen LogP contribution in [0, 0.1) is 5.92 Å². The summed E-state index contributed by atoms with van der Waals surface area (Å²) in [6.45, 7) is 3.19. The van der Waals surface area contributed by atoms with E-state index in [0.29, 0.717) is 12.3 Å². The van der Waals surface area contributed by atoms with Crippen LogP contribution in [0.4, 0.5) is 5.82 Å². The first-order valence-electron chi connectivity index (χ1n) is 13.1. The molecule has 1 saturated carbocycles. The number of amides is 1. The molecule has 1 amide bonds. The van der Waals surface area contributed by atoms with Crippen LogP contribution in [0.1, 0.15) is 43.5 Å². The number of aromatic nitrogens is 4. The number of para-hydroxylation sites is 1. The average Bonchev–Trinajstić information content (AvgIpc) is 3.54. The number of benzene rings is 2. The summed E-state index contributed by atoms with van der Waals surface area (Å²) in [4.78, 5) is 27.6. The highest BCUT2D eigenvalue weighted by Gasteiger charge is 2.29. The summed E-state index contributed by atoms with van der Waals surface area (Å²) < 4.78 is 1.91. The van der Waals surface area contributed by atoms with Crippen molar-refractivity contribution in [1.29, 1.82) is 0 Å². The van der Waals surface area contributed by atoms with Crippen molar-refractivity contribution < 1.29 is 4.79 Å². The summed E-state index contributed by atoms with van der Waals surface area (Å²) >= 11 is 0. The summed E-state index contributed by atoms with van der Waals surface area (Å²) in [5.41, 5.74) is 2.98. The van der Waals surface area contributed by atoms with Gasteiger partial charge in [-0.15, -0.1) is 0 Å². The molecule has 0 bridgehead atoms. The summed E-state index contributed by atoms with van der Waals surface area (Å²) in [5, 5.41) is 5.66. The molecule has 2 aliphatic rings. The highest BCUT2D eigenvalue weighted by atomic mass is 16.2. The van der Waals surface area contributed by atoms with Crippen LogP contribution in [-0.2, 0) is 11.2 Å². The first-order chi connectivity index (χ1) is 17.8. The first-order valence-corrected chi connectivity index (χ1v) is 13.1. The van der Waals surface area contributed by atoms with Crippen molar-refractivity contribution in [3.63, 3.8) is 0 Å². The number of hydrogen-bond acceptors (Lipinski definition) is 5. The number of nitrogens with zero attached hydrogens (tertiary/aromatic N) is 6. The number of anilines is 1. The molecule has 36 heavy (non-hydrogen) atoms. The van der Waals surface area contributed by atoms with Crippen molar-refractivity contribution in [2.45, 2.75) is 38.5 Å². The van der Waals surface area contributed by atoms with E-state index in [9.17, 15) is 4.79 Å². The minimum Gasteiger partial charge on any atom is -0.354 e. The van der Waals surface area contributed by atoms with Crippen LogP contribution in [0.2, 0.25) is 0 Å². The Labute approximate surface area is 211 Å². The molecule has 4 aromatic rings. The van der Waals surface area contributed by atoms with Gasteiger partial charge >= 0.3 is 0 Å². The lowest BCUT2D eigenvalue weighted by molar-refractivity contribution is -0.135. The van der Waals surface area contributed by atoms with E-state index in [1.807, 2.05) is 59.4 Å². The van der Waals surface area contributed by atoms with Gasteiger partial charge in [0.05, 0.1) is 17.3 Å². The lowest BCUT2D eigenvalue weighted by Crippen LogP contribution is -2.38. The second-order valence-corrected chi connectivity index (χ2v) is 9.90. The van der Waals surface area contributed by atoms with Gasteiger partial charge in [0, 0.05) is 38.5 Å². The first kappa shape index (κ1) is 22.7. The molecule has 2 aromatic heterocycles. The SMILES string of the molecule is O=C(C1CCCC1)N1CCCN(c2nc(Cc3ccccc3)nc3c2cnn3-c2ccccc2)CC1. The molecule has 7 heteroatoms. The van der Waals surface area contributed by atoms with Crippen molar-refractivity contribution in [2.24, 2.45) is 5.92 Å². The van der Waals surface area contributed by atoms with E-state index >= 15 is 0 Å². The molecule has 7 nitrogen and oxygen atoms in total. The van der Waals surface area contributed by atoms with Crippen LogP contribution in [0.25, 0.3) is 16.7 Å². The normalized spacial score (nSPS) is 17.0. The lowest BCUT2D eigenvalue weighted by Gasteiger charge is -2.25. The fourth-order valence-corrected chi connectivity index (χ4v) is 5.57. The Hall–Kier alpha value is -3.74. The zero-order valence-electron chi connectivity index (χ0n) is 20.6. The Morgan fingerprint density at radius 2 is 1.58 bits per heavy atom. The molecule has 0 radical (unpaired) electrons. The van der Waals surface area contributed by atoms with E-state index in [4.69, 9.17) is 15.1 Å². The highest BCUT2D eigenvalue weighted by Crippen LogP contribution is 2.29.